The molecule has 3 aromatic heterocycles. The lowest BCUT2D eigenvalue weighted by atomic mass is 10.0. The Morgan fingerprint density at radius 3 is 2.17 bits per heavy atom. The van der Waals surface area contributed by atoms with Gasteiger partial charge in [-0.2, -0.15) is 9.61 Å². The van der Waals surface area contributed by atoms with E-state index < -0.39 is 0 Å². The van der Waals surface area contributed by atoms with E-state index in [2.05, 4.69) is 20.5 Å². The van der Waals surface area contributed by atoms with Gasteiger partial charge >= 0.3 is 0 Å². The summed E-state index contributed by atoms with van der Waals surface area (Å²) in [6.07, 6.45) is 0. The molecular formula is C27H20N6O2S. The number of rotatable bonds is 6. The summed E-state index contributed by atoms with van der Waals surface area (Å²) in [5, 5.41) is 16.7. The highest BCUT2D eigenvalue weighted by Gasteiger charge is 2.23. The Morgan fingerprint density at radius 2 is 1.53 bits per heavy atom. The summed E-state index contributed by atoms with van der Waals surface area (Å²) in [7, 11) is 1.61. The summed E-state index contributed by atoms with van der Waals surface area (Å²) >= 11 is 1.34. The second kappa shape index (κ2) is 9.12. The number of benzene rings is 3. The molecule has 0 saturated heterocycles. The van der Waals surface area contributed by atoms with E-state index >= 15 is 0 Å². The number of aromatic amines is 1. The number of methoxy groups -OCH3 is 1. The van der Waals surface area contributed by atoms with Crippen molar-refractivity contribution in [2.75, 3.05) is 12.4 Å². The Morgan fingerprint density at radius 1 is 0.861 bits per heavy atom. The van der Waals surface area contributed by atoms with Crippen LogP contribution in [0.3, 0.4) is 0 Å². The second-order valence-electron chi connectivity index (χ2n) is 7.99. The number of anilines is 2. The maximum Gasteiger partial charge on any atom is 0.284 e. The molecule has 8 nitrogen and oxygen atoms in total. The van der Waals surface area contributed by atoms with Crippen molar-refractivity contribution in [3.8, 4) is 39.3 Å². The number of H-pyrrole nitrogens is 1. The Labute approximate surface area is 209 Å². The molecule has 0 fully saturated rings. The van der Waals surface area contributed by atoms with Gasteiger partial charge in [0.1, 0.15) is 28.4 Å². The summed E-state index contributed by atoms with van der Waals surface area (Å²) in [5.74, 6) is 1.21. The fourth-order valence-electron chi connectivity index (χ4n) is 4.20. The average molecular weight is 493 g/mol. The molecule has 36 heavy (non-hydrogen) atoms. The normalized spacial score (nSPS) is 11.0. The summed E-state index contributed by atoms with van der Waals surface area (Å²) in [5.41, 5.74) is 6.50. The number of hydrogen-bond donors (Lipinski definition) is 2. The number of ether oxygens (including phenoxy) is 1. The molecule has 0 aliphatic carbocycles. The van der Waals surface area contributed by atoms with Crippen LogP contribution in [0.15, 0.2) is 95.2 Å². The van der Waals surface area contributed by atoms with Crippen molar-refractivity contribution in [2.45, 2.75) is 0 Å². The van der Waals surface area contributed by atoms with Crippen molar-refractivity contribution < 1.29 is 4.74 Å². The van der Waals surface area contributed by atoms with Crippen LogP contribution in [0, 0.1) is 0 Å². The van der Waals surface area contributed by atoms with Crippen LogP contribution in [0.25, 0.3) is 39.2 Å². The number of fused-ring (bicyclic) bond motifs is 1. The lowest BCUT2D eigenvalue weighted by Crippen LogP contribution is -2.19. The first-order chi connectivity index (χ1) is 17.7. The van der Waals surface area contributed by atoms with Gasteiger partial charge in [0, 0.05) is 5.56 Å². The molecule has 0 unspecified atom stereocenters. The smallest absolute Gasteiger partial charge is 0.284 e. The van der Waals surface area contributed by atoms with E-state index in [4.69, 9.17) is 9.84 Å². The van der Waals surface area contributed by atoms with Gasteiger partial charge in [0.25, 0.3) is 5.56 Å². The minimum absolute atomic E-state index is 0.264. The van der Waals surface area contributed by atoms with E-state index in [0.29, 0.717) is 39.2 Å². The van der Waals surface area contributed by atoms with Crippen LogP contribution in [0.4, 0.5) is 10.9 Å². The van der Waals surface area contributed by atoms with Gasteiger partial charge in [0.15, 0.2) is 0 Å². The van der Waals surface area contributed by atoms with Crippen molar-refractivity contribution in [2.24, 2.45) is 0 Å². The lowest BCUT2D eigenvalue weighted by molar-refractivity contribution is 0.415. The summed E-state index contributed by atoms with van der Waals surface area (Å²) < 4.78 is 6.74. The minimum atomic E-state index is -0.264. The molecule has 2 N–H and O–H groups in total. The van der Waals surface area contributed by atoms with Crippen molar-refractivity contribution in [3.63, 3.8) is 0 Å². The molecule has 0 saturated carbocycles. The first kappa shape index (κ1) is 21.8. The molecular weight excluding hydrogens is 472 g/mol. The van der Waals surface area contributed by atoms with E-state index in [-0.39, 0.29) is 5.56 Å². The van der Waals surface area contributed by atoms with Gasteiger partial charge in [-0.1, -0.05) is 84.1 Å². The van der Waals surface area contributed by atoms with Crippen LogP contribution in [0.2, 0.25) is 0 Å². The molecule has 3 heterocycles. The highest BCUT2D eigenvalue weighted by Crippen LogP contribution is 2.36. The van der Waals surface area contributed by atoms with Crippen LogP contribution in [0.5, 0.6) is 5.75 Å². The third-order valence-electron chi connectivity index (χ3n) is 5.87. The van der Waals surface area contributed by atoms with Crippen molar-refractivity contribution in [1.82, 2.24) is 24.8 Å². The molecule has 0 aliphatic rings. The lowest BCUT2D eigenvalue weighted by Gasteiger charge is -2.12. The van der Waals surface area contributed by atoms with Crippen LogP contribution in [0.1, 0.15) is 0 Å². The summed E-state index contributed by atoms with van der Waals surface area (Å²) in [6, 6.07) is 27.1. The van der Waals surface area contributed by atoms with E-state index in [1.165, 1.54) is 15.9 Å². The molecule has 9 heteroatoms. The van der Waals surface area contributed by atoms with Gasteiger partial charge in [-0.05, 0) is 23.3 Å². The third-order valence-corrected chi connectivity index (χ3v) is 6.47. The highest BCUT2D eigenvalue weighted by molar-refractivity contribution is 7.13. The predicted molar refractivity (Wildman–Crippen MR) is 142 cm³/mol. The fraction of sp³-hybridized carbons (Fsp3) is 0.0370. The fourth-order valence-corrected chi connectivity index (χ4v) is 4.65. The van der Waals surface area contributed by atoms with E-state index in [1.807, 2.05) is 84.9 Å². The number of aromatic nitrogens is 5. The SMILES string of the molecule is COc1ccc(-c2c(Nc3nncs3)[nH]c3c(-c4ccccc4)c(-c4ccccc4)nn3c2=O)cc1. The zero-order chi connectivity index (χ0) is 24.5. The molecule has 0 atom stereocenters. The predicted octanol–water partition coefficient (Wildman–Crippen LogP) is 5.63. The van der Waals surface area contributed by atoms with Crippen LogP contribution >= 0.6 is 11.3 Å². The maximum absolute atomic E-state index is 14.0. The number of nitrogens with zero attached hydrogens (tertiary/aromatic N) is 4. The van der Waals surface area contributed by atoms with E-state index in [9.17, 15) is 4.79 Å². The van der Waals surface area contributed by atoms with Crippen molar-refractivity contribution in [3.05, 3.63) is 101 Å². The van der Waals surface area contributed by atoms with Crippen molar-refractivity contribution in [1.29, 1.82) is 0 Å². The van der Waals surface area contributed by atoms with Crippen molar-refractivity contribution >= 4 is 27.9 Å². The highest BCUT2D eigenvalue weighted by atomic mass is 32.1. The van der Waals surface area contributed by atoms with E-state index in [0.717, 1.165) is 16.7 Å². The Hall–Kier alpha value is -4.76. The Bertz CT molecular complexity index is 1690. The van der Waals surface area contributed by atoms with Crippen LogP contribution in [-0.2, 0) is 0 Å². The molecule has 0 radical (unpaired) electrons. The quantitative estimate of drug-likeness (QED) is 0.313. The van der Waals surface area contributed by atoms with Gasteiger partial charge in [0.05, 0.1) is 18.2 Å². The van der Waals surface area contributed by atoms with Gasteiger partial charge in [-0.15, -0.1) is 10.2 Å². The Balaban J connectivity index is 1.67. The first-order valence-electron chi connectivity index (χ1n) is 11.2. The largest absolute Gasteiger partial charge is 0.497 e. The average Bonchev–Trinajstić information content (AvgIpc) is 3.58. The number of nitrogens with one attached hydrogen (secondary N) is 2. The van der Waals surface area contributed by atoms with Gasteiger partial charge in [-0.25, -0.2) is 0 Å². The molecule has 176 valence electrons. The van der Waals surface area contributed by atoms with Gasteiger partial charge in [0.2, 0.25) is 5.13 Å². The van der Waals surface area contributed by atoms with Gasteiger partial charge < -0.3 is 15.0 Å². The molecule has 0 spiro atoms. The maximum atomic E-state index is 14.0. The zero-order valence-corrected chi connectivity index (χ0v) is 20.0. The molecule has 0 aliphatic heterocycles. The summed E-state index contributed by atoms with van der Waals surface area (Å²) in [4.78, 5) is 17.5. The topological polar surface area (TPSA) is 97.2 Å². The standard InChI is InChI=1S/C27H20N6O2S/c1-35-20-14-12-18(13-15-20)22-24(30-27-31-28-16-36-27)29-25-21(17-8-4-2-5-9-17)23(32-33(25)26(22)34)19-10-6-3-7-11-19/h2-16,29H,1H3,(H,30,31). The first-order valence-corrected chi connectivity index (χ1v) is 12.1. The monoisotopic (exact) mass is 492 g/mol. The molecule has 6 aromatic rings. The Kier molecular flexibility index (Phi) is 5.51. The van der Waals surface area contributed by atoms with Crippen LogP contribution < -0.4 is 15.6 Å². The molecule has 6 rings (SSSR count). The molecule has 3 aromatic carbocycles. The second-order valence-corrected chi connectivity index (χ2v) is 8.83. The van der Waals surface area contributed by atoms with E-state index in [1.54, 1.807) is 12.6 Å². The summed E-state index contributed by atoms with van der Waals surface area (Å²) in [6.45, 7) is 0. The third kappa shape index (κ3) is 3.81. The molecule has 0 bridgehead atoms. The zero-order valence-electron chi connectivity index (χ0n) is 19.2. The van der Waals surface area contributed by atoms with Crippen LogP contribution in [-0.4, -0.2) is 31.9 Å². The minimum Gasteiger partial charge on any atom is -0.497 e. The molecule has 0 amide bonds. The number of hydrogen-bond acceptors (Lipinski definition) is 7. The van der Waals surface area contributed by atoms with Gasteiger partial charge in [-0.3, -0.25) is 4.79 Å².